The topological polar surface area (TPSA) is 26.3 Å². The molecule has 0 aromatic heterocycles. The van der Waals surface area contributed by atoms with Gasteiger partial charge in [0, 0.05) is 12.3 Å². The SMILES string of the molecule is COc1cccc(CC2CCCCC2=O)c1C. The second-order valence-electron chi connectivity index (χ2n) is 4.86. The van der Waals surface area contributed by atoms with Crippen molar-refractivity contribution in [2.75, 3.05) is 7.11 Å². The van der Waals surface area contributed by atoms with E-state index >= 15 is 0 Å². The molecule has 17 heavy (non-hydrogen) atoms. The summed E-state index contributed by atoms with van der Waals surface area (Å²) in [7, 11) is 1.69. The molecular weight excluding hydrogens is 212 g/mol. The smallest absolute Gasteiger partial charge is 0.136 e. The van der Waals surface area contributed by atoms with Crippen LogP contribution in [0.1, 0.15) is 36.8 Å². The van der Waals surface area contributed by atoms with E-state index < -0.39 is 0 Å². The molecule has 2 heteroatoms. The van der Waals surface area contributed by atoms with Crippen LogP contribution >= 0.6 is 0 Å². The Balaban J connectivity index is 2.15. The van der Waals surface area contributed by atoms with E-state index in [2.05, 4.69) is 13.0 Å². The minimum Gasteiger partial charge on any atom is -0.496 e. The molecule has 1 unspecified atom stereocenters. The molecule has 1 saturated carbocycles. The van der Waals surface area contributed by atoms with E-state index in [0.717, 1.165) is 31.4 Å². The molecule has 1 aliphatic carbocycles. The van der Waals surface area contributed by atoms with Crippen molar-refractivity contribution in [1.29, 1.82) is 0 Å². The number of carbonyl (C=O) groups is 1. The molecule has 0 heterocycles. The fraction of sp³-hybridized carbons (Fsp3) is 0.533. The number of Topliss-reactive ketones (excluding diaryl/α,β-unsaturated/α-hetero) is 1. The van der Waals surface area contributed by atoms with Gasteiger partial charge in [-0.3, -0.25) is 4.79 Å². The van der Waals surface area contributed by atoms with Gasteiger partial charge in [0.15, 0.2) is 0 Å². The molecule has 2 rings (SSSR count). The van der Waals surface area contributed by atoms with Crippen molar-refractivity contribution >= 4 is 5.78 Å². The number of rotatable bonds is 3. The van der Waals surface area contributed by atoms with E-state index in [0.29, 0.717) is 5.78 Å². The molecule has 1 aliphatic rings. The average Bonchev–Trinajstić information content (AvgIpc) is 2.34. The third-order valence-electron chi connectivity index (χ3n) is 3.76. The molecule has 92 valence electrons. The second-order valence-corrected chi connectivity index (χ2v) is 4.86. The summed E-state index contributed by atoms with van der Waals surface area (Å²) in [5.74, 6) is 1.60. The van der Waals surface area contributed by atoms with E-state index in [1.807, 2.05) is 12.1 Å². The van der Waals surface area contributed by atoms with Crippen LogP contribution in [0.3, 0.4) is 0 Å². The Labute approximate surface area is 103 Å². The minimum absolute atomic E-state index is 0.231. The highest BCUT2D eigenvalue weighted by molar-refractivity contribution is 5.82. The maximum atomic E-state index is 11.8. The van der Waals surface area contributed by atoms with Gasteiger partial charge in [-0.25, -0.2) is 0 Å². The van der Waals surface area contributed by atoms with Crippen molar-refractivity contribution in [3.05, 3.63) is 29.3 Å². The first kappa shape index (κ1) is 12.2. The Bertz CT molecular complexity index is 409. The number of carbonyl (C=O) groups excluding carboxylic acids is 1. The largest absolute Gasteiger partial charge is 0.496 e. The second kappa shape index (κ2) is 5.35. The van der Waals surface area contributed by atoms with E-state index in [1.165, 1.54) is 17.5 Å². The minimum atomic E-state index is 0.231. The lowest BCUT2D eigenvalue weighted by molar-refractivity contribution is -0.124. The molecule has 0 N–H and O–H groups in total. The van der Waals surface area contributed by atoms with Gasteiger partial charge in [-0.2, -0.15) is 0 Å². The van der Waals surface area contributed by atoms with Gasteiger partial charge in [0.25, 0.3) is 0 Å². The van der Waals surface area contributed by atoms with E-state index in [-0.39, 0.29) is 5.92 Å². The van der Waals surface area contributed by atoms with Crippen LogP contribution in [0.4, 0.5) is 0 Å². The number of ketones is 1. The number of benzene rings is 1. The Morgan fingerprint density at radius 1 is 1.35 bits per heavy atom. The summed E-state index contributed by atoms with van der Waals surface area (Å²) in [6.45, 7) is 2.07. The zero-order valence-corrected chi connectivity index (χ0v) is 10.7. The van der Waals surface area contributed by atoms with Gasteiger partial charge in [-0.05, 0) is 43.4 Å². The lowest BCUT2D eigenvalue weighted by Gasteiger charge is -2.21. The van der Waals surface area contributed by atoms with E-state index in [4.69, 9.17) is 4.74 Å². The molecule has 0 spiro atoms. The zero-order chi connectivity index (χ0) is 12.3. The average molecular weight is 232 g/mol. The first-order chi connectivity index (χ1) is 8.22. The van der Waals surface area contributed by atoms with Crippen molar-refractivity contribution in [2.24, 2.45) is 5.92 Å². The Kier molecular flexibility index (Phi) is 3.82. The summed E-state index contributed by atoms with van der Waals surface area (Å²) in [6, 6.07) is 6.09. The molecule has 1 aromatic carbocycles. The van der Waals surface area contributed by atoms with Crippen LogP contribution in [-0.4, -0.2) is 12.9 Å². The fourth-order valence-electron chi connectivity index (χ4n) is 2.64. The predicted molar refractivity (Wildman–Crippen MR) is 68.4 cm³/mol. The van der Waals surface area contributed by atoms with Crippen LogP contribution in [0, 0.1) is 12.8 Å². The molecule has 0 amide bonds. The molecular formula is C15H20O2. The monoisotopic (exact) mass is 232 g/mol. The normalized spacial score (nSPS) is 20.4. The molecule has 0 bridgehead atoms. The number of ether oxygens (including phenoxy) is 1. The fourth-order valence-corrected chi connectivity index (χ4v) is 2.64. The first-order valence-corrected chi connectivity index (χ1v) is 6.37. The molecule has 2 nitrogen and oxygen atoms in total. The van der Waals surface area contributed by atoms with Crippen LogP contribution < -0.4 is 4.74 Å². The standard InChI is InChI=1S/C15H20O2/c1-11-12(7-5-9-15(11)17-2)10-13-6-3-4-8-14(13)16/h5,7,9,13H,3-4,6,8,10H2,1-2H3. The summed E-state index contributed by atoms with van der Waals surface area (Å²) in [5.41, 5.74) is 2.43. The van der Waals surface area contributed by atoms with Crippen molar-refractivity contribution in [3.8, 4) is 5.75 Å². The quantitative estimate of drug-likeness (QED) is 0.799. The molecule has 0 aliphatic heterocycles. The third-order valence-corrected chi connectivity index (χ3v) is 3.76. The van der Waals surface area contributed by atoms with Gasteiger partial charge < -0.3 is 4.74 Å². The number of methoxy groups -OCH3 is 1. The van der Waals surface area contributed by atoms with Crippen LogP contribution in [0.5, 0.6) is 5.75 Å². The van der Waals surface area contributed by atoms with E-state index in [9.17, 15) is 4.79 Å². The number of hydrogen-bond acceptors (Lipinski definition) is 2. The van der Waals surface area contributed by atoms with Crippen molar-refractivity contribution < 1.29 is 9.53 Å². The highest BCUT2D eigenvalue weighted by atomic mass is 16.5. The van der Waals surface area contributed by atoms with Crippen LogP contribution in [0.25, 0.3) is 0 Å². The van der Waals surface area contributed by atoms with Crippen molar-refractivity contribution in [1.82, 2.24) is 0 Å². The Morgan fingerprint density at radius 3 is 2.88 bits per heavy atom. The molecule has 0 radical (unpaired) electrons. The van der Waals surface area contributed by atoms with Gasteiger partial charge in [-0.1, -0.05) is 18.6 Å². The van der Waals surface area contributed by atoms with Gasteiger partial charge in [-0.15, -0.1) is 0 Å². The van der Waals surface area contributed by atoms with Crippen LogP contribution in [-0.2, 0) is 11.2 Å². The lowest BCUT2D eigenvalue weighted by Crippen LogP contribution is -2.21. The molecule has 1 aromatic rings. The molecule has 1 fully saturated rings. The highest BCUT2D eigenvalue weighted by Gasteiger charge is 2.23. The molecule has 0 saturated heterocycles. The maximum Gasteiger partial charge on any atom is 0.136 e. The number of hydrogen-bond donors (Lipinski definition) is 0. The third kappa shape index (κ3) is 2.68. The van der Waals surface area contributed by atoms with Crippen LogP contribution in [0.15, 0.2) is 18.2 Å². The first-order valence-electron chi connectivity index (χ1n) is 6.37. The summed E-state index contributed by atoms with van der Waals surface area (Å²) >= 11 is 0. The van der Waals surface area contributed by atoms with Gasteiger partial charge in [0.2, 0.25) is 0 Å². The van der Waals surface area contributed by atoms with Crippen molar-refractivity contribution in [2.45, 2.75) is 39.0 Å². The maximum absolute atomic E-state index is 11.8. The lowest BCUT2D eigenvalue weighted by atomic mass is 9.83. The predicted octanol–water partition coefficient (Wildman–Crippen LogP) is 3.31. The summed E-state index contributed by atoms with van der Waals surface area (Å²) < 4.78 is 5.32. The van der Waals surface area contributed by atoms with Gasteiger partial charge in [0.1, 0.15) is 11.5 Å². The highest BCUT2D eigenvalue weighted by Crippen LogP contribution is 2.28. The van der Waals surface area contributed by atoms with Crippen LogP contribution in [0.2, 0.25) is 0 Å². The van der Waals surface area contributed by atoms with E-state index in [1.54, 1.807) is 7.11 Å². The molecule has 1 atom stereocenters. The van der Waals surface area contributed by atoms with Gasteiger partial charge in [0.05, 0.1) is 7.11 Å². The summed E-state index contributed by atoms with van der Waals surface area (Å²) in [4.78, 5) is 11.8. The Morgan fingerprint density at radius 2 is 2.18 bits per heavy atom. The summed E-state index contributed by atoms with van der Waals surface area (Å²) in [5, 5.41) is 0. The van der Waals surface area contributed by atoms with Gasteiger partial charge >= 0.3 is 0 Å². The Hall–Kier alpha value is -1.31. The zero-order valence-electron chi connectivity index (χ0n) is 10.7. The van der Waals surface area contributed by atoms with Crippen molar-refractivity contribution in [3.63, 3.8) is 0 Å². The summed E-state index contributed by atoms with van der Waals surface area (Å²) in [6.07, 6.45) is 4.97.